The van der Waals surface area contributed by atoms with Crippen molar-refractivity contribution in [3.63, 3.8) is 0 Å². The van der Waals surface area contributed by atoms with E-state index in [0.717, 1.165) is 11.8 Å². The number of nitrogens with one attached hydrogen (secondary N) is 1. The number of alkyl carbamates (subject to hydrolysis) is 1. The van der Waals surface area contributed by atoms with Gasteiger partial charge in [-0.25, -0.2) is 9.59 Å². The summed E-state index contributed by atoms with van der Waals surface area (Å²) in [6.45, 7) is 2.59. The van der Waals surface area contributed by atoms with Crippen LogP contribution in [0.2, 0.25) is 0 Å². The molecule has 1 heterocycles. The van der Waals surface area contributed by atoms with E-state index in [0.29, 0.717) is 5.56 Å². The predicted octanol–water partition coefficient (Wildman–Crippen LogP) is 1.46. The van der Waals surface area contributed by atoms with Crippen molar-refractivity contribution >= 4 is 18.1 Å². The standard InChI is InChI=1S/C13H19N3O4/c1-13(2,3)20-12(18)15-10(11(17)19-5)6-9-7-14-16(4)8-9/h6-8H,1-5H3,(H,15,18)/b10-6+/i4D3. The van der Waals surface area contributed by atoms with Crippen LogP contribution in [0.15, 0.2) is 18.1 Å². The van der Waals surface area contributed by atoms with E-state index in [2.05, 4.69) is 15.2 Å². The number of aryl methyl sites for hydroxylation is 1. The Labute approximate surface area is 121 Å². The van der Waals surface area contributed by atoms with Crippen LogP contribution >= 0.6 is 0 Å². The highest BCUT2D eigenvalue weighted by atomic mass is 16.6. The van der Waals surface area contributed by atoms with Crippen molar-refractivity contribution in [1.82, 2.24) is 15.1 Å². The largest absolute Gasteiger partial charge is 0.464 e. The molecule has 1 rings (SSSR count). The van der Waals surface area contributed by atoms with Crippen molar-refractivity contribution in [2.24, 2.45) is 6.98 Å². The van der Waals surface area contributed by atoms with Crippen LogP contribution in [0.1, 0.15) is 30.4 Å². The summed E-state index contributed by atoms with van der Waals surface area (Å²) in [6, 6.07) is 0. The average molecular weight is 284 g/mol. The van der Waals surface area contributed by atoms with Crippen LogP contribution in [0.5, 0.6) is 0 Å². The van der Waals surface area contributed by atoms with E-state index in [4.69, 9.17) is 8.85 Å². The SMILES string of the molecule is [2H]C([2H])([2H])n1cc(/C=C(/NC(=O)OC(C)(C)C)C(=O)OC)cn1. The van der Waals surface area contributed by atoms with Crippen LogP contribution in [0, 0.1) is 0 Å². The third-order valence-electron chi connectivity index (χ3n) is 1.95. The number of amides is 1. The molecule has 1 aromatic heterocycles. The molecule has 0 unspecified atom stereocenters. The lowest BCUT2D eigenvalue weighted by molar-refractivity contribution is -0.136. The summed E-state index contributed by atoms with van der Waals surface area (Å²) in [5, 5.41) is 5.95. The van der Waals surface area contributed by atoms with E-state index in [1.807, 2.05) is 0 Å². The van der Waals surface area contributed by atoms with E-state index in [9.17, 15) is 9.59 Å². The zero-order chi connectivity index (χ0) is 17.8. The smallest absolute Gasteiger partial charge is 0.412 e. The molecular formula is C13H19N3O4. The normalized spacial score (nSPS) is 14.8. The molecule has 20 heavy (non-hydrogen) atoms. The Morgan fingerprint density at radius 2 is 2.20 bits per heavy atom. The molecule has 1 aromatic rings. The highest BCUT2D eigenvalue weighted by molar-refractivity contribution is 5.96. The average Bonchev–Trinajstić information content (AvgIpc) is 2.83. The fraction of sp³-hybridized carbons (Fsp3) is 0.462. The van der Waals surface area contributed by atoms with Crippen LogP contribution in [-0.4, -0.2) is 34.6 Å². The summed E-state index contributed by atoms with van der Waals surface area (Å²) in [5.41, 5.74) is -0.637. The third-order valence-corrected chi connectivity index (χ3v) is 1.95. The Balaban J connectivity index is 3.00. The minimum absolute atomic E-state index is 0.202. The van der Waals surface area contributed by atoms with Gasteiger partial charge in [0.15, 0.2) is 0 Å². The molecule has 0 saturated carbocycles. The second kappa shape index (κ2) is 6.23. The first-order valence-corrected chi connectivity index (χ1v) is 5.77. The van der Waals surface area contributed by atoms with Crippen LogP contribution in [0.4, 0.5) is 4.79 Å². The second-order valence-electron chi connectivity index (χ2n) is 4.89. The first-order chi connectivity index (χ1) is 10.4. The highest BCUT2D eigenvalue weighted by Crippen LogP contribution is 2.09. The van der Waals surface area contributed by atoms with Gasteiger partial charge < -0.3 is 9.47 Å². The van der Waals surface area contributed by atoms with E-state index in [1.54, 1.807) is 20.8 Å². The Bertz CT molecular complexity index is 615. The van der Waals surface area contributed by atoms with Gasteiger partial charge in [0, 0.05) is 22.8 Å². The maximum absolute atomic E-state index is 11.8. The van der Waals surface area contributed by atoms with Crippen molar-refractivity contribution < 1.29 is 23.2 Å². The van der Waals surface area contributed by atoms with Crippen molar-refractivity contribution in [2.75, 3.05) is 7.11 Å². The van der Waals surface area contributed by atoms with E-state index in [-0.39, 0.29) is 5.70 Å². The fourth-order valence-corrected chi connectivity index (χ4v) is 1.25. The molecule has 0 radical (unpaired) electrons. The van der Waals surface area contributed by atoms with Gasteiger partial charge in [-0.3, -0.25) is 10.00 Å². The number of hydrogen-bond acceptors (Lipinski definition) is 5. The summed E-state index contributed by atoms with van der Waals surface area (Å²) in [6.07, 6.45) is 2.86. The number of carbonyl (C=O) groups is 2. The van der Waals surface area contributed by atoms with Crippen LogP contribution in [0.3, 0.4) is 0 Å². The lowest BCUT2D eigenvalue weighted by atomic mass is 10.2. The van der Waals surface area contributed by atoms with Gasteiger partial charge in [0.05, 0.1) is 13.3 Å². The molecule has 0 saturated heterocycles. The van der Waals surface area contributed by atoms with Crippen molar-refractivity contribution in [3.05, 3.63) is 23.7 Å². The number of aromatic nitrogens is 2. The summed E-state index contributed by atoms with van der Waals surface area (Å²) < 4.78 is 32.1. The monoisotopic (exact) mass is 284 g/mol. The molecule has 0 spiro atoms. The molecule has 110 valence electrons. The van der Waals surface area contributed by atoms with Gasteiger partial charge >= 0.3 is 12.1 Å². The third kappa shape index (κ3) is 5.13. The van der Waals surface area contributed by atoms with Crippen LogP contribution in [0.25, 0.3) is 6.08 Å². The van der Waals surface area contributed by atoms with Crippen molar-refractivity contribution in [2.45, 2.75) is 26.4 Å². The van der Waals surface area contributed by atoms with Crippen molar-refractivity contribution in [1.29, 1.82) is 0 Å². The van der Waals surface area contributed by atoms with E-state index in [1.165, 1.54) is 18.5 Å². The Morgan fingerprint density at radius 1 is 1.50 bits per heavy atom. The quantitative estimate of drug-likeness (QED) is 0.671. The molecule has 0 aliphatic rings. The topological polar surface area (TPSA) is 82.5 Å². The lowest BCUT2D eigenvalue weighted by Crippen LogP contribution is -2.34. The zero-order valence-electron chi connectivity index (χ0n) is 14.8. The van der Waals surface area contributed by atoms with Gasteiger partial charge in [-0.05, 0) is 26.8 Å². The first kappa shape index (κ1) is 11.5. The lowest BCUT2D eigenvalue weighted by Gasteiger charge is -2.20. The Kier molecular flexibility index (Phi) is 3.58. The van der Waals surface area contributed by atoms with Gasteiger partial charge in [0.2, 0.25) is 0 Å². The molecule has 1 amide bonds. The second-order valence-corrected chi connectivity index (χ2v) is 4.89. The van der Waals surface area contributed by atoms with E-state index < -0.39 is 24.6 Å². The summed E-state index contributed by atoms with van der Waals surface area (Å²) in [5.74, 6) is -0.808. The number of hydrogen-bond donors (Lipinski definition) is 1. The maximum Gasteiger partial charge on any atom is 0.412 e. The van der Waals surface area contributed by atoms with Gasteiger partial charge in [0.25, 0.3) is 0 Å². The van der Waals surface area contributed by atoms with E-state index >= 15 is 0 Å². The molecule has 0 fully saturated rings. The molecule has 0 bridgehead atoms. The highest BCUT2D eigenvalue weighted by Gasteiger charge is 2.20. The number of methoxy groups -OCH3 is 1. The molecule has 0 atom stereocenters. The van der Waals surface area contributed by atoms with Crippen molar-refractivity contribution in [3.8, 4) is 0 Å². The molecule has 7 nitrogen and oxygen atoms in total. The summed E-state index contributed by atoms with van der Waals surface area (Å²) in [4.78, 5) is 23.5. The van der Waals surface area contributed by atoms with Crippen LogP contribution in [-0.2, 0) is 21.2 Å². The minimum Gasteiger partial charge on any atom is -0.464 e. The zero-order valence-corrected chi connectivity index (χ0v) is 11.8. The number of ether oxygens (including phenoxy) is 2. The number of carbonyl (C=O) groups excluding carboxylic acids is 2. The van der Waals surface area contributed by atoms with Gasteiger partial charge in [-0.15, -0.1) is 0 Å². The number of rotatable bonds is 3. The van der Waals surface area contributed by atoms with Gasteiger partial charge in [-0.2, -0.15) is 5.10 Å². The first-order valence-electron chi connectivity index (χ1n) is 7.27. The maximum atomic E-state index is 11.8. The molecule has 1 N–H and O–H groups in total. The minimum atomic E-state index is -2.43. The summed E-state index contributed by atoms with van der Waals surface area (Å²) in [7, 11) is 1.15. The number of nitrogens with zero attached hydrogens (tertiary/aromatic N) is 2. The molecule has 0 aliphatic heterocycles. The van der Waals surface area contributed by atoms with Gasteiger partial charge in [0.1, 0.15) is 11.3 Å². The summed E-state index contributed by atoms with van der Waals surface area (Å²) >= 11 is 0. The molecule has 0 aliphatic carbocycles. The van der Waals surface area contributed by atoms with Gasteiger partial charge in [-0.1, -0.05) is 0 Å². The Hall–Kier alpha value is -2.31. The molecule has 7 heteroatoms. The fourth-order valence-electron chi connectivity index (χ4n) is 1.25. The predicted molar refractivity (Wildman–Crippen MR) is 72.6 cm³/mol. The number of esters is 1. The Morgan fingerprint density at radius 3 is 2.70 bits per heavy atom. The molecule has 0 aromatic carbocycles. The van der Waals surface area contributed by atoms with Crippen LogP contribution < -0.4 is 5.32 Å². The molecular weight excluding hydrogens is 262 g/mol.